The van der Waals surface area contributed by atoms with Crippen molar-refractivity contribution in [1.82, 2.24) is 10.3 Å². The number of benzene rings is 3. The fourth-order valence-electron chi connectivity index (χ4n) is 3.71. The van der Waals surface area contributed by atoms with Gasteiger partial charge in [0.25, 0.3) is 5.91 Å². The molecular weight excluding hydrogens is 462 g/mol. The van der Waals surface area contributed by atoms with Gasteiger partial charge < -0.3 is 19.2 Å². The number of carbonyl (C=O) groups is 1. The first-order valence-electron chi connectivity index (χ1n) is 11.3. The van der Waals surface area contributed by atoms with E-state index in [4.69, 9.17) is 26.1 Å². The standard InChI is InChI=1S/C27H27N3O4S/c1-5-16(2)18-11-14-21-20(15-18)29-26(34-21)17-9-12-19(13-10-17)28-27(35)30-25(31)24-22(32-3)7-6-8-23(24)33-4/h6-16H,5H2,1-4H3,(H2,28,30,31,35). The van der Waals surface area contributed by atoms with E-state index < -0.39 is 5.91 Å². The third-order valence-electron chi connectivity index (χ3n) is 5.86. The average molecular weight is 490 g/mol. The Balaban J connectivity index is 1.45. The Morgan fingerprint density at radius 1 is 1.06 bits per heavy atom. The van der Waals surface area contributed by atoms with Crippen molar-refractivity contribution in [3.05, 3.63) is 71.8 Å². The molecule has 180 valence electrons. The van der Waals surface area contributed by atoms with E-state index in [1.807, 2.05) is 30.3 Å². The Hall–Kier alpha value is -3.91. The van der Waals surface area contributed by atoms with Crippen LogP contribution in [0.1, 0.15) is 42.1 Å². The summed E-state index contributed by atoms with van der Waals surface area (Å²) in [5.74, 6) is 1.37. The Labute approximate surface area is 209 Å². The highest BCUT2D eigenvalue weighted by Gasteiger charge is 2.19. The number of fused-ring (bicyclic) bond motifs is 1. The van der Waals surface area contributed by atoms with Crippen molar-refractivity contribution < 1.29 is 18.7 Å². The van der Waals surface area contributed by atoms with Gasteiger partial charge in [0.2, 0.25) is 5.89 Å². The lowest BCUT2D eigenvalue weighted by atomic mass is 9.98. The Kier molecular flexibility index (Phi) is 7.31. The van der Waals surface area contributed by atoms with Crippen LogP contribution in [0, 0.1) is 0 Å². The van der Waals surface area contributed by atoms with Gasteiger partial charge in [-0.15, -0.1) is 0 Å². The van der Waals surface area contributed by atoms with E-state index in [1.165, 1.54) is 19.8 Å². The van der Waals surface area contributed by atoms with Crippen LogP contribution in [0.5, 0.6) is 11.5 Å². The molecule has 1 amide bonds. The number of thiocarbonyl (C=S) groups is 1. The molecule has 0 aliphatic heterocycles. The van der Waals surface area contributed by atoms with E-state index >= 15 is 0 Å². The van der Waals surface area contributed by atoms with Gasteiger partial charge in [0.05, 0.1) is 14.2 Å². The minimum atomic E-state index is -0.434. The van der Waals surface area contributed by atoms with E-state index in [0.29, 0.717) is 29.0 Å². The highest BCUT2D eigenvalue weighted by molar-refractivity contribution is 7.80. The molecule has 0 saturated heterocycles. The van der Waals surface area contributed by atoms with Gasteiger partial charge in [-0.2, -0.15) is 0 Å². The highest BCUT2D eigenvalue weighted by atomic mass is 32.1. The van der Waals surface area contributed by atoms with E-state index in [2.05, 4.69) is 41.6 Å². The molecule has 1 unspecified atom stereocenters. The van der Waals surface area contributed by atoms with Crippen LogP contribution in [0.4, 0.5) is 5.69 Å². The van der Waals surface area contributed by atoms with Crippen LogP contribution in [0.25, 0.3) is 22.6 Å². The molecule has 35 heavy (non-hydrogen) atoms. The van der Waals surface area contributed by atoms with Gasteiger partial charge in [0.15, 0.2) is 10.7 Å². The molecule has 3 aromatic carbocycles. The van der Waals surface area contributed by atoms with Gasteiger partial charge in [-0.1, -0.05) is 26.0 Å². The molecule has 0 aliphatic carbocycles. The van der Waals surface area contributed by atoms with Crippen molar-refractivity contribution in [2.24, 2.45) is 0 Å². The maximum absolute atomic E-state index is 12.8. The van der Waals surface area contributed by atoms with Crippen LogP contribution in [0.3, 0.4) is 0 Å². The lowest BCUT2D eigenvalue weighted by Gasteiger charge is -2.14. The average Bonchev–Trinajstić information content (AvgIpc) is 3.31. The lowest BCUT2D eigenvalue weighted by Crippen LogP contribution is -2.34. The first kappa shape index (κ1) is 24.2. The molecule has 1 heterocycles. The van der Waals surface area contributed by atoms with Gasteiger partial charge in [-0.3, -0.25) is 10.1 Å². The zero-order valence-corrected chi connectivity index (χ0v) is 20.9. The van der Waals surface area contributed by atoms with Gasteiger partial charge in [0, 0.05) is 11.3 Å². The normalized spacial score (nSPS) is 11.7. The van der Waals surface area contributed by atoms with E-state index in [0.717, 1.165) is 23.1 Å². The zero-order valence-electron chi connectivity index (χ0n) is 20.0. The molecule has 4 aromatic rings. The topological polar surface area (TPSA) is 85.6 Å². The van der Waals surface area contributed by atoms with E-state index in [-0.39, 0.29) is 10.7 Å². The molecule has 0 saturated carbocycles. The van der Waals surface area contributed by atoms with Crippen molar-refractivity contribution >= 4 is 40.0 Å². The second kappa shape index (κ2) is 10.6. The molecule has 0 spiro atoms. The molecule has 8 heteroatoms. The summed E-state index contributed by atoms with van der Waals surface area (Å²) >= 11 is 5.33. The second-order valence-corrected chi connectivity index (χ2v) is 8.49. The fourth-order valence-corrected chi connectivity index (χ4v) is 3.92. The summed E-state index contributed by atoms with van der Waals surface area (Å²) in [5.41, 5.74) is 4.66. The number of anilines is 1. The SMILES string of the molecule is CCC(C)c1ccc2oc(-c3ccc(NC(=S)NC(=O)c4c(OC)cccc4OC)cc3)nc2c1. The fraction of sp³-hybridized carbons (Fsp3) is 0.222. The molecule has 0 bridgehead atoms. The van der Waals surface area contributed by atoms with Crippen molar-refractivity contribution in [3.63, 3.8) is 0 Å². The van der Waals surface area contributed by atoms with E-state index in [9.17, 15) is 4.79 Å². The number of hydrogen-bond acceptors (Lipinski definition) is 6. The van der Waals surface area contributed by atoms with Crippen LogP contribution < -0.4 is 20.1 Å². The van der Waals surface area contributed by atoms with Crippen molar-refractivity contribution in [3.8, 4) is 23.0 Å². The van der Waals surface area contributed by atoms with Crippen molar-refractivity contribution in [1.29, 1.82) is 0 Å². The van der Waals surface area contributed by atoms with Gasteiger partial charge in [-0.25, -0.2) is 4.98 Å². The zero-order chi connectivity index (χ0) is 24.9. The Bertz CT molecular complexity index is 1340. The number of hydrogen-bond donors (Lipinski definition) is 2. The van der Waals surface area contributed by atoms with Gasteiger partial charge >= 0.3 is 0 Å². The van der Waals surface area contributed by atoms with Crippen LogP contribution in [0.2, 0.25) is 0 Å². The van der Waals surface area contributed by atoms with Crippen LogP contribution >= 0.6 is 12.2 Å². The minimum absolute atomic E-state index is 0.148. The van der Waals surface area contributed by atoms with E-state index in [1.54, 1.807) is 18.2 Å². The van der Waals surface area contributed by atoms with Crippen molar-refractivity contribution in [2.75, 3.05) is 19.5 Å². The third kappa shape index (κ3) is 5.27. The summed E-state index contributed by atoms with van der Waals surface area (Å²) in [6, 6.07) is 18.7. The van der Waals surface area contributed by atoms with Gasteiger partial charge in [0.1, 0.15) is 22.6 Å². The van der Waals surface area contributed by atoms with Crippen molar-refractivity contribution in [2.45, 2.75) is 26.2 Å². The molecule has 0 aliphatic rings. The molecule has 1 aromatic heterocycles. The number of nitrogens with zero attached hydrogens (tertiary/aromatic N) is 1. The predicted molar refractivity (Wildman–Crippen MR) is 141 cm³/mol. The summed E-state index contributed by atoms with van der Waals surface area (Å²) in [6.07, 6.45) is 1.07. The number of rotatable bonds is 7. The molecule has 2 N–H and O–H groups in total. The lowest BCUT2D eigenvalue weighted by molar-refractivity contribution is 0.0971. The summed E-state index contributed by atoms with van der Waals surface area (Å²) in [7, 11) is 2.98. The third-order valence-corrected chi connectivity index (χ3v) is 6.07. The van der Waals surface area contributed by atoms with Crippen LogP contribution in [-0.4, -0.2) is 30.2 Å². The molecule has 0 fully saturated rings. The van der Waals surface area contributed by atoms with Crippen LogP contribution in [0.15, 0.2) is 65.1 Å². The Morgan fingerprint density at radius 2 is 1.74 bits per heavy atom. The number of ether oxygens (including phenoxy) is 2. The van der Waals surface area contributed by atoms with Crippen LogP contribution in [-0.2, 0) is 0 Å². The summed E-state index contributed by atoms with van der Waals surface area (Å²) in [4.78, 5) is 17.5. The smallest absolute Gasteiger partial charge is 0.264 e. The van der Waals surface area contributed by atoms with Gasteiger partial charge in [-0.05, 0) is 78.7 Å². The summed E-state index contributed by atoms with van der Waals surface area (Å²) < 4.78 is 16.5. The maximum Gasteiger partial charge on any atom is 0.264 e. The molecular formula is C27H27N3O4S. The number of nitrogens with one attached hydrogen (secondary N) is 2. The Morgan fingerprint density at radius 3 is 2.37 bits per heavy atom. The first-order valence-corrected chi connectivity index (χ1v) is 11.7. The predicted octanol–water partition coefficient (Wildman–Crippen LogP) is 6.15. The largest absolute Gasteiger partial charge is 0.496 e. The number of methoxy groups -OCH3 is 2. The second-order valence-electron chi connectivity index (χ2n) is 8.08. The monoisotopic (exact) mass is 489 g/mol. The number of carbonyl (C=O) groups excluding carboxylic acids is 1. The first-order chi connectivity index (χ1) is 16.9. The molecule has 0 radical (unpaired) electrons. The molecule has 7 nitrogen and oxygen atoms in total. The maximum atomic E-state index is 12.8. The number of oxazole rings is 1. The molecule has 4 rings (SSSR count). The minimum Gasteiger partial charge on any atom is -0.496 e. The molecule has 1 atom stereocenters. The highest BCUT2D eigenvalue weighted by Crippen LogP contribution is 2.29. The summed E-state index contributed by atoms with van der Waals surface area (Å²) in [5, 5.41) is 5.83. The number of aromatic nitrogens is 1. The number of amides is 1. The quantitative estimate of drug-likeness (QED) is 0.301. The summed E-state index contributed by atoms with van der Waals surface area (Å²) in [6.45, 7) is 4.37.